The van der Waals surface area contributed by atoms with Gasteiger partial charge in [0.1, 0.15) is 18.2 Å². The van der Waals surface area contributed by atoms with Gasteiger partial charge in [0.25, 0.3) is 0 Å². The molecule has 1 aliphatic heterocycles. The molecule has 2 N–H and O–H groups in total. The number of carbonyl (C=O) groups excluding carboxylic acids is 1. The highest BCUT2D eigenvalue weighted by Crippen LogP contribution is 2.09. The van der Waals surface area contributed by atoms with Crippen molar-refractivity contribution in [1.29, 1.82) is 0 Å². The molecular weight excluding hydrogens is 244 g/mol. The lowest BCUT2D eigenvalue weighted by Gasteiger charge is -2.34. The Bertz CT molecular complexity index is 418. The number of nitrogens with one attached hydrogen (secondary N) is 2. The predicted molar refractivity (Wildman–Crippen MR) is 71.4 cm³/mol. The SMILES string of the molecule is CCNC(=O)C1CNCCN1Cc1ncnn1CC. The zero-order valence-corrected chi connectivity index (χ0v) is 11.6. The Morgan fingerprint density at radius 3 is 3.16 bits per heavy atom. The van der Waals surface area contributed by atoms with E-state index < -0.39 is 0 Å². The summed E-state index contributed by atoms with van der Waals surface area (Å²) in [6, 6.07) is -0.129. The summed E-state index contributed by atoms with van der Waals surface area (Å²) >= 11 is 0. The van der Waals surface area contributed by atoms with Crippen molar-refractivity contribution in [2.75, 3.05) is 26.2 Å². The van der Waals surface area contributed by atoms with Crippen LogP contribution in [-0.2, 0) is 17.9 Å². The number of hydrogen-bond acceptors (Lipinski definition) is 5. The topological polar surface area (TPSA) is 75.1 Å². The summed E-state index contributed by atoms with van der Waals surface area (Å²) in [6.45, 7) is 8.53. The van der Waals surface area contributed by atoms with Gasteiger partial charge in [-0.1, -0.05) is 0 Å². The van der Waals surface area contributed by atoms with Crippen molar-refractivity contribution in [2.45, 2.75) is 33.0 Å². The van der Waals surface area contributed by atoms with E-state index in [0.29, 0.717) is 19.6 Å². The Kier molecular flexibility index (Phi) is 4.86. The van der Waals surface area contributed by atoms with Crippen LogP contribution in [0.25, 0.3) is 0 Å². The second kappa shape index (κ2) is 6.63. The Balaban J connectivity index is 2.05. The van der Waals surface area contributed by atoms with Gasteiger partial charge in [-0.05, 0) is 13.8 Å². The third kappa shape index (κ3) is 3.30. The van der Waals surface area contributed by atoms with Crippen LogP contribution in [-0.4, -0.2) is 57.8 Å². The molecular formula is C12H22N6O. The smallest absolute Gasteiger partial charge is 0.238 e. The summed E-state index contributed by atoms with van der Waals surface area (Å²) < 4.78 is 1.87. The number of aryl methyl sites for hydroxylation is 1. The van der Waals surface area contributed by atoms with Crippen molar-refractivity contribution in [1.82, 2.24) is 30.3 Å². The van der Waals surface area contributed by atoms with Gasteiger partial charge in [0.2, 0.25) is 5.91 Å². The Morgan fingerprint density at radius 2 is 2.42 bits per heavy atom. The van der Waals surface area contributed by atoms with Gasteiger partial charge < -0.3 is 10.6 Å². The average molecular weight is 266 g/mol. The Labute approximate surface area is 113 Å². The highest BCUT2D eigenvalue weighted by molar-refractivity contribution is 5.82. The maximum atomic E-state index is 12.1. The molecule has 1 aromatic heterocycles. The van der Waals surface area contributed by atoms with Crippen LogP contribution in [0.5, 0.6) is 0 Å². The van der Waals surface area contributed by atoms with Crippen molar-refractivity contribution in [3.05, 3.63) is 12.2 Å². The largest absolute Gasteiger partial charge is 0.355 e. The van der Waals surface area contributed by atoms with Crippen molar-refractivity contribution in [2.24, 2.45) is 0 Å². The van der Waals surface area contributed by atoms with Crippen LogP contribution in [0.1, 0.15) is 19.7 Å². The molecule has 1 amide bonds. The van der Waals surface area contributed by atoms with Crippen LogP contribution >= 0.6 is 0 Å². The molecule has 2 rings (SSSR count). The van der Waals surface area contributed by atoms with E-state index in [4.69, 9.17) is 0 Å². The highest BCUT2D eigenvalue weighted by Gasteiger charge is 2.29. The molecule has 0 radical (unpaired) electrons. The number of carbonyl (C=O) groups is 1. The lowest BCUT2D eigenvalue weighted by Crippen LogP contribution is -2.57. The Hall–Kier alpha value is -1.47. The van der Waals surface area contributed by atoms with Gasteiger partial charge in [-0.25, -0.2) is 9.67 Å². The van der Waals surface area contributed by atoms with Crippen LogP contribution in [0.4, 0.5) is 0 Å². The van der Waals surface area contributed by atoms with E-state index >= 15 is 0 Å². The van der Waals surface area contributed by atoms with Crippen molar-refractivity contribution in [3.8, 4) is 0 Å². The summed E-state index contributed by atoms with van der Waals surface area (Å²) in [5.41, 5.74) is 0. The number of piperazine rings is 1. The van der Waals surface area contributed by atoms with Gasteiger partial charge in [-0.3, -0.25) is 9.69 Å². The quantitative estimate of drug-likeness (QED) is 0.730. The molecule has 0 aliphatic carbocycles. The molecule has 1 fully saturated rings. The number of rotatable bonds is 5. The standard InChI is InChI=1S/C12H22N6O/c1-3-14-12(19)10-7-13-5-6-17(10)8-11-15-9-16-18(11)4-2/h9-10,13H,3-8H2,1-2H3,(H,14,19). The monoisotopic (exact) mass is 266 g/mol. The van der Waals surface area contributed by atoms with Crippen LogP contribution in [0.2, 0.25) is 0 Å². The van der Waals surface area contributed by atoms with Gasteiger partial charge in [0.15, 0.2) is 0 Å². The average Bonchev–Trinajstić information content (AvgIpc) is 2.87. The first-order valence-corrected chi connectivity index (χ1v) is 6.85. The van der Waals surface area contributed by atoms with E-state index in [-0.39, 0.29) is 11.9 Å². The zero-order chi connectivity index (χ0) is 13.7. The molecule has 106 valence electrons. The van der Waals surface area contributed by atoms with E-state index in [1.54, 1.807) is 6.33 Å². The summed E-state index contributed by atoms with van der Waals surface area (Å²) in [4.78, 5) is 18.5. The second-order valence-corrected chi connectivity index (χ2v) is 4.58. The molecule has 2 heterocycles. The van der Waals surface area contributed by atoms with E-state index in [1.807, 2.05) is 18.5 Å². The lowest BCUT2D eigenvalue weighted by molar-refractivity contribution is -0.127. The van der Waals surface area contributed by atoms with E-state index in [1.165, 1.54) is 0 Å². The number of likely N-dealkylation sites (N-methyl/N-ethyl adjacent to an activating group) is 1. The molecule has 1 unspecified atom stereocenters. The van der Waals surface area contributed by atoms with Crippen molar-refractivity contribution in [3.63, 3.8) is 0 Å². The molecule has 0 saturated carbocycles. The fraction of sp³-hybridized carbons (Fsp3) is 0.750. The van der Waals surface area contributed by atoms with Gasteiger partial charge in [0, 0.05) is 32.7 Å². The minimum absolute atomic E-state index is 0.0808. The van der Waals surface area contributed by atoms with E-state index in [2.05, 4.69) is 25.6 Å². The van der Waals surface area contributed by atoms with Crippen LogP contribution in [0.15, 0.2) is 6.33 Å². The minimum atomic E-state index is -0.129. The summed E-state index contributed by atoms with van der Waals surface area (Å²) in [5.74, 6) is 0.996. The third-order valence-corrected chi connectivity index (χ3v) is 3.35. The van der Waals surface area contributed by atoms with Gasteiger partial charge >= 0.3 is 0 Å². The molecule has 1 saturated heterocycles. The van der Waals surface area contributed by atoms with E-state index in [9.17, 15) is 4.79 Å². The van der Waals surface area contributed by atoms with Gasteiger partial charge in [-0.2, -0.15) is 5.10 Å². The molecule has 1 atom stereocenters. The predicted octanol–water partition coefficient (Wildman–Crippen LogP) is -0.792. The normalized spacial score (nSPS) is 20.4. The van der Waals surface area contributed by atoms with Crippen molar-refractivity contribution < 1.29 is 4.79 Å². The third-order valence-electron chi connectivity index (χ3n) is 3.35. The maximum Gasteiger partial charge on any atom is 0.238 e. The number of hydrogen-bond donors (Lipinski definition) is 2. The first kappa shape index (κ1) is 14.0. The van der Waals surface area contributed by atoms with Crippen LogP contribution in [0.3, 0.4) is 0 Å². The number of aromatic nitrogens is 3. The molecule has 0 aromatic carbocycles. The van der Waals surface area contributed by atoms with Gasteiger partial charge in [-0.15, -0.1) is 0 Å². The first-order valence-electron chi connectivity index (χ1n) is 6.85. The van der Waals surface area contributed by atoms with Crippen LogP contribution < -0.4 is 10.6 Å². The summed E-state index contributed by atoms with van der Waals surface area (Å²) in [5, 5.41) is 10.3. The Morgan fingerprint density at radius 1 is 1.58 bits per heavy atom. The highest BCUT2D eigenvalue weighted by atomic mass is 16.2. The minimum Gasteiger partial charge on any atom is -0.355 e. The van der Waals surface area contributed by atoms with Crippen LogP contribution in [0, 0.1) is 0 Å². The van der Waals surface area contributed by atoms with Gasteiger partial charge in [0.05, 0.1) is 6.54 Å². The number of nitrogens with zero attached hydrogens (tertiary/aromatic N) is 4. The second-order valence-electron chi connectivity index (χ2n) is 4.58. The van der Waals surface area contributed by atoms with E-state index in [0.717, 1.165) is 25.5 Å². The summed E-state index contributed by atoms with van der Waals surface area (Å²) in [7, 11) is 0. The summed E-state index contributed by atoms with van der Waals surface area (Å²) in [6.07, 6.45) is 1.57. The molecule has 1 aromatic rings. The van der Waals surface area contributed by atoms with Crippen molar-refractivity contribution >= 4 is 5.91 Å². The lowest BCUT2D eigenvalue weighted by atomic mass is 10.1. The molecule has 0 bridgehead atoms. The fourth-order valence-electron chi connectivity index (χ4n) is 2.34. The molecule has 7 heteroatoms. The number of amides is 1. The molecule has 7 nitrogen and oxygen atoms in total. The molecule has 1 aliphatic rings. The first-order chi connectivity index (χ1) is 9.26. The molecule has 0 spiro atoms. The fourth-order valence-corrected chi connectivity index (χ4v) is 2.34. The zero-order valence-electron chi connectivity index (χ0n) is 11.6. The molecule has 19 heavy (non-hydrogen) atoms. The maximum absolute atomic E-state index is 12.1.